The van der Waals surface area contributed by atoms with Gasteiger partial charge in [-0.1, -0.05) is 0 Å². The van der Waals surface area contributed by atoms with Crippen LogP contribution in [0.4, 0.5) is 0 Å². The molecule has 0 unspecified atom stereocenters. The first-order chi connectivity index (χ1) is 6.86. The molecule has 0 atom stereocenters. The maximum absolute atomic E-state index is 4.28. The molecule has 0 saturated carbocycles. The quantitative estimate of drug-likeness (QED) is 0.581. The van der Waals surface area contributed by atoms with Crippen LogP contribution < -0.4 is 0 Å². The summed E-state index contributed by atoms with van der Waals surface area (Å²) in [6.45, 7) is 2.02. The molecular formula is C11H9N3. The van der Waals surface area contributed by atoms with E-state index in [0.29, 0.717) is 0 Å². The third kappa shape index (κ3) is 0.865. The zero-order chi connectivity index (χ0) is 9.54. The van der Waals surface area contributed by atoms with E-state index in [9.17, 15) is 0 Å². The molecule has 68 valence electrons. The van der Waals surface area contributed by atoms with E-state index in [-0.39, 0.29) is 0 Å². The van der Waals surface area contributed by atoms with Crippen molar-refractivity contribution < 1.29 is 0 Å². The Labute approximate surface area is 80.8 Å². The Balaban J connectivity index is 2.65. The summed E-state index contributed by atoms with van der Waals surface area (Å²) in [5, 5.41) is 2.32. The summed E-state index contributed by atoms with van der Waals surface area (Å²) in [6.07, 6.45) is 5.49. The molecule has 0 spiro atoms. The molecule has 0 aliphatic rings. The van der Waals surface area contributed by atoms with Crippen molar-refractivity contribution in [1.82, 2.24) is 15.0 Å². The van der Waals surface area contributed by atoms with Crippen molar-refractivity contribution in [3.63, 3.8) is 0 Å². The third-order valence-electron chi connectivity index (χ3n) is 2.50. The molecule has 0 aliphatic carbocycles. The van der Waals surface area contributed by atoms with E-state index in [2.05, 4.69) is 15.0 Å². The summed E-state index contributed by atoms with van der Waals surface area (Å²) in [7, 11) is 0. The Morgan fingerprint density at radius 3 is 2.93 bits per heavy atom. The molecule has 1 N–H and O–H groups in total. The lowest BCUT2D eigenvalue weighted by Crippen LogP contribution is -1.79. The van der Waals surface area contributed by atoms with Crippen molar-refractivity contribution in [2.75, 3.05) is 0 Å². The summed E-state index contributed by atoms with van der Waals surface area (Å²) < 4.78 is 0. The first-order valence-corrected chi connectivity index (χ1v) is 4.53. The van der Waals surface area contributed by atoms with Crippen LogP contribution in [0.2, 0.25) is 0 Å². The van der Waals surface area contributed by atoms with Gasteiger partial charge in [0.1, 0.15) is 0 Å². The number of nitrogens with zero attached hydrogens (tertiary/aromatic N) is 2. The highest BCUT2D eigenvalue weighted by molar-refractivity contribution is 6.07. The molecular weight excluding hydrogens is 174 g/mol. The number of pyridine rings is 2. The average Bonchev–Trinajstić information content (AvgIpc) is 2.57. The second-order valence-corrected chi connectivity index (χ2v) is 3.37. The first kappa shape index (κ1) is 7.50. The van der Waals surface area contributed by atoms with Crippen LogP contribution in [0.1, 0.15) is 5.69 Å². The van der Waals surface area contributed by atoms with Gasteiger partial charge in [-0.15, -0.1) is 0 Å². The van der Waals surface area contributed by atoms with Crippen molar-refractivity contribution in [3.8, 4) is 0 Å². The van der Waals surface area contributed by atoms with Crippen LogP contribution >= 0.6 is 0 Å². The smallest absolute Gasteiger partial charge is 0.0499 e. The molecule has 3 heterocycles. The minimum Gasteiger partial charge on any atom is -0.354 e. The fraction of sp³-hybridized carbons (Fsp3) is 0.0909. The predicted octanol–water partition coefficient (Wildman–Crippen LogP) is 2.42. The highest BCUT2D eigenvalue weighted by Crippen LogP contribution is 2.25. The SMILES string of the molecule is Cc1nccc2[nH]c3ccncc3c12. The number of nitrogens with one attached hydrogen (secondary N) is 1. The van der Waals surface area contributed by atoms with Crippen LogP contribution in [-0.4, -0.2) is 15.0 Å². The molecule has 0 saturated heterocycles. The molecule has 3 rings (SSSR count). The van der Waals surface area contributed by atoms with Gasteiger partial charge in [0.05, 0.1) is 0 Å². The fourth-order valence-electron chi connectivity index (χ4n) is 1.86. The molecule has 0 amide bonds. The van der Waals surface area contributed by atoms with Gasteiger partial charge >= 0.3 is 0 Å². The minimum absolute atomic E-state index is 1.04. The standard InChI is InChI=1S/C11H9N3/c1-7-11-8-6-12-4-2-9(8)14-10(11)3-5-13-7/h2-6,14H,1H3. The van der Waals surface area contributed by atoms with E-state index in [0.717, 1.165) is 22.1 Å². The highest BCUT2D eigenvalue weighted by atomic mass is 14.8. The van der Waals surface area contributed by atoms with E-state index >= 15 is 0 Å². The van der Waals surface area contributed by atoms with Gasteiger partial charge in [0.15, 0.2) is 0 Å². The number of aromatic nitrogens is 3. The predicted molar refractivity (Wildman–Crippen MR) is 56.1 cm³/mol. The van der Waals surface area contributed by atoms with Gasteiger partial charge in [0.25, 0.3) is 0 Å². The van der Waals surface area contributed by atoms with Gasteiger partial charge in [0.2, 0.25) is 0 Å². The summed E-state index contributed by atoms with van der Waals surface area (Å²) in [5.74, 6) is 0. The van der Waals surface area contributed by atoms with Crippen LogP contribution in [0.3, 0.4) is 0 Å². The third-order valence-corrected chi connectivity index (χ3v) is 2.50. The maximum Gasteiger partial charge on any atom is 0.0499 e. The largest absolute Gasteiger partial charge is 0.354 e. The lowest BCUT2D eigenvalue weighted by atomic mass is 10.2. The fourth-order valence-corrected chi connectivity index (χ4v) is 1.86. The summed E-state index contributed by atoms with van der Waals surface area (Å²) in [5.41, 5.74) is 3.29. The zero-order valence-electron chi connectivity index (χ0n) is 7.78. The van der Waals surface area contributed by atoms with E-state index in [1.165, 1.54) is 5.39 Å². The Kier molecular flexibility index (Phi) is 1.36. The molecule has 0 fully saturated rings. The molecule has 3 aromatic heterocycles. The van der Waals surface area contributed by atoms with E-state index in [4.69, 9.17) is 0 Å². The molecule has 0 radical (unpaired) electrons. The number of aromatic amines is 1. The minimum atomic E-state index is 1.04. The lowest BCUT2D eigenvalue weighted by Gasteiger charge is -1.93. The molecule has 3 heteroatoms. The monoisotopic (exact) mass is 183 g/mol. The molecule has 0 bridgehead atoms. The van der Waals surface area contributed by atoms with Gasteiger partial charge in [-0.3, -0.25) is 9.97 Å². The zero-order valence-corrected chi connectivity index (χ0v) is 7.78. The number of H-pyrrole nitrogens is 1. The Bertz CT molecular complexity index is 610. The van der Waals surface area contributed by atoms with Crippen molar-refractivity contribution in [3.05, 3.63) is 36.4 Å². The second-order valence-electron chi connectivity index (χ2n) is 3.37. The molecule has 14 heavy (non-hydrogen) atoms. The van der Waals surface area contributed by atoms with Gasteiger partial charge in [-0.25, -0.2) is 0 Å². The summed E-state index contributed by atoms with van der Waals surface area (Å²) >= 11 is 0. The Morgan fingerprint density at radius 1 is 1.14 bits per heavy atom. The van der Waals surface area contributed by atoms with Crippen molar-refractivity contribution in [1.29, 1.82) is 0 Å². The number of rotatable bonds is 0. The van der Waals surface area contributed by atoms with Crippen LogP contribution in [-0.2, 0) is 0 Å². The Morgan fingerprint density at radius 2 is 2.00 bits per heavy atom. The van der Waals surface area contributed by atoms with Crippen LogP contribution in [0.15, 0.2) is 30.7 Å². The van der Waals surface area contributed by atoms with Gasteiger partial charge in [-0.2, -0.15) is 0 Å². The summed E-state index contributed by atoms with van der Waals surface area (Å²) in [6, 6.07) is 3.97. The lowest BCUT2D eigenvalue weighted by molar-refractivity contribution is 1.24. The molecule has 0 aliphatic heterocycles. The number of hydrogen-bond donors (Lipinski definition) is 1. The van der Waals surface area contributed by atoms with Crippen LogP contribution in [0, 0.1) is 6.92 Å². The van der Waals surface area contributed by atoms with Gasteiger partial charge in [-0.05, 0) is 19.1 Å². The van der Waals surface area contributed by atoms with Crippen LogP contribution in [0.5, 0.6) is 0 Å². The summed E-state index contributed by atoms with van der Waals surface area (Å²) in [4.78, 5) is 11.7. The molecule has 0 aromatic carbocycles. The number of aryl methyl sites for hydroxylation is 1. The number of fused-ring (bicyclic) bond motifs is 3. The van der Waals surface area contributed by atoms with E-state index in [1.54, 1.807) is 6.20 Å². The first-order valence-electron chi connectivity index (χ1n) is 4.53. The Hall–Kier alpha value is -1.90. The molecule has 3 nitrogen and oxygen atoms in total. The number of hydrogen-bond acceptors (Lipinski definition) is 2. The van der Waals surface area contributed by atoms with Crippen molar-refractivity contribution >= 4 is 21.8 Å². The average molecular weight is 183 g/mol. The molecule has 3 aromatic rings. The van der Waals surface area contributed by atoms with E-state index < -0.39 is 0 Å². The highest BCUT2D eigenvalue weighted by Gasteiger charge is 2.05. The second kappa shape index (κ2) is 2.54. The normalized spacial score (nSPS) is 11.2. The topological polar surface area (TPSA) is 41.6 Å². The van der Waals surface area contributed by atoms with Crippen LogP contribution in [0.25, 0.3) is 21.8 Å². The van der Waals surface area contributed by atoms with E-state index in [1.807, 2.05) is 31.5 Å². The van der Waals surface area contributed by atoms with Crippen molar-refractivity contribution in [2.24, 2.45) is 0 Å². The van der Waals surface area contributed by atoms with Crippen molar-refractivity contribution in [2.45, 2.75) is 6.92 Å². The van der Waals surface area contributed by atoms with Gasteiger partial charge in [0, 0.05) is 46.1 Å². The maximum atomic E-state index is 4.28. The van der Waals surface area contributed by atoms with Gasteiger partial charge < -0.3 is 4.98 Å².